The number of anilines is 1. The maximum atomic E-state index is 5.43. The van der Waals surface area contributed by atoms with E-state index in [4.69, 9.17) is 5.84 Å². The van der Waals surface area contributed by atoms with E-state index in [1.54, 1.807) is 11.3 Å². The lowest BCUT2D eigenvalue weighted by molar-refractivity contribution is 0.700. The summed E-state index contributed by atoms with van der Waals surface area (Å²) >= 11 is 1.65. The van der Waals surface area contributed by atoms with Crippen molar-refractivity contribution in [3.63, 3.8) is 0 Å². The number of nitrogens with zero attached hydrogens (tertiary/aromatic N) is 1. The van der Waals surface area contributed by atoms with Crippen molar-refractivity contribution in [2.24, 2.45) is 10.8 Å². The second-order valence-corrected chi connectivity index (χ2v) is 4.48. The fourth-order valence-corrected chi connectivity index (χ4v) is 2.38. The Bertz CT molecular complexity index is 314. The Hall–Kier alpha value is -1.07. The summed E-state index contributed by atoms with van der Waals surface area (Å²) < 4.78 is 0. The highest BCUT2D eigenvalue weighted by atomic mass is 32.1. The number of hydrazine groups is 1. The third kappa shape index (κ3) is 2.94. The zero-order valence-electron chi connectivity index (χ0n) is 8.57. The number of rotatable bonds is 2. The highest BCUT2D eigenvalue weighted by Gasteiger charge is 2.14. The predicted octanol–water partition coefficient (Wildman–Crippen LogP) is 1.92. The highest BCUT2D eigenvalue weighted by Crippen LogP contribution is 2.21. The van der Waals surface area contributed by atoms with Gasteiger partial charge >= 0.3 is 0 Å². The Labute approximate surface area is 93.6 Å². The van der Waals surface area contributed by atoms with Crippen LogP contribution in [0.4, 0.5) is 5.69 Å². The summed E-state index contributed by atoms with van der Waals surface area (Å²) in [6.07, 6.45) is 4.92. The Balaban J connectivity index is 1.96. The lowest BCUT2D eigenvalue weighted by atomic mass is 10.3. The van der Waals surface area contributed by atoms with Gasteiger partial charge in [-0.05, 0) is 24.3 Å². The van der Waals surface area contributed by atoms with Crippen LogP contribution in [0.5, 0.6) is 0 Å². The van der Waals surface area contributed by atoms with Gasteiger partial charge in [-0.25, -0.2) is 10.8 Å². The summed E-state index contributed by atoms with van der Waals surface area (Å²) in [6.45, 7) is 0. The number of thiophene rings is 1. The summed E-state index contributed by atoms with van der Waals surface area (Å²) in [5.74, 6) is 6.09. The second-order valence-electron chi connectivity index (χ2n) is 3.70. The van der Waals surface area contributed by atoms with E-state index in [0.717, 1.165) is 5.69 Å². The van der Waals surface area contributed by atoms with Gasteiger partial charge in [0.1, 0.15) is 0 Å². The largest absolute Gasteiger partial charge is 0.325 e. The topological polar surface area (TPSA) is 62.4 Å². The number of nitrogens with one attached hydrogen (secondary N) is 2. The molecule has 1 heterocycles. The first-order valence-electron chi connectivity index (χ1n) is 5.22. The van der Waals surface area contributed by atoms with Crippen molar-refractivity contribution < 1.29 is 0 Å². The lowest BCUT2D eigenvalue weighted by Gasteiger charge is -2.10. The highest BCUT2D eigenvalue weighted by molar-refractivity contribution is 7.08. The Morgan fingerprint density at radius 1 is 1.47 bits per heavy atom. The van der Waals surface area contributed by atoms with Gasteiger partial charge in [-0.1, -0.05) is 12.8 Å². The van der Waals surface area contributed by atoms with Crippen LogP contribution < -0.4 is 16.6 Å². The third-order valence-electron chi connectivity index (χ3n) is 2.56. The molecule has 0 saturated heterocycles. The first-order valence-corrected chi connectivity index (χ1v) is 6.16. The number of aliphatic imine (C=N–C) groups is 1. The summed E-state index contributed by atoms with van der Waals surface area (Å²) in [7, 11) is 0. The zero-order valence-corrected chi connectivity index (χ0v) is 9.39. The molecule has 1 aliphatic carbocycles. The van der Waals surface area contributed by atoms with Gasteiger partial charge in [0.05, 0.1) is 11.7 Å². The molecule has 4 N–H and O–H groups in total. The SMILES string of the molecule is NNC(=NC1CCCC1)Nc1ccsc1. The first kappa shape index (κ1) is 10.4. The minimum Gasteiger partial charge on any atom is -0.325 e. The van der Waals surface area contributed by atoms with Crippen LogP contribution in [0.2, 0.25) is 0 Å². The van der Waals surface area contributed by atoms with Gasteiger partial charge < -0.3 is 5.32 Å². The van der Waals surface area contributed by atoms with Gasteiger partial charge in [0.2, 0.25) is 5.96 Å². The van der Waals surface area contributed by atoms with Crippen LogP contribution in [-0.2, 0) is 0 Å². The van der Waals surface area contributed by atoms with Crippen molar-refractivity contribution in [1.29, 1.82) is 0 Å². The van der Waals surface area contributed by atoms with E-state index in [0.29, 0.717) is 12.0 Å². The van der Waals surface area contributed by atoms with E-state index in [9.17, 15) is 0 Å². The molecule has 2 rings (SSSR count). The first-order chi connectivity index (χ1) is 7.38. The molecule has 0 atom stereocenters. The molecular weight excluding hydrogens is 208 g/mol. The smallest absolute Gasteiger partial charge is 0.210 e. The Morgan fingerprint density at radius 2 is 2.27 bits per heavy atom. The normalized spacial score (nSPS) is 18.1. The Kier molecular flexibility index (Phi) is 3.58. The number of hydrogen-bond acceptors (Lipinski definition) is 3. The van der Waals surface area contributed by atoms with Crippen LogP contribution in [0.15, 0.2) is 21.8 Å². The van der Waals surface area contributed by atoms with Crippen LogP contribution in [0, 0.1) is 0 Å². The molecule has 0 spiro atoms. The predicted molar refractivity (Wildman–Crippen MR) is 65.0 cm³/mol. The maximum absolute atomic E-state index is 5.43. The zero-order chi connectivity index (χ0) is 10.5. The number of guanidine groups is 1. The maximum Gasteiger partial charge on any atom is 0.210 e. The standard InChI is InChI=1S/C10H16N4S/c11-14-10(12-8-3-1-2-4-8)13-9-5-6-15-7-9/h5-8H,1-4,11H2,(H2,12,13,14). The van der Waals surface area contributed by atoms with Crippen molar-refractivity contribution in [3.05, 3.63) is 16.8 Å². The summed E-state index contributed by atoms with van der Waals surface area (Å²) in [4.78, 5) is 4.54. The lowest BCUT2D eigenvalue weighted by Crippen LogP contribution is -2.37. The molecule has 1 saturated carbocycles. The van der Waals surface area contributed by atoms with E-state index < -0.39 is 0 Å². The van der Waals surface area contributed by atoms with Gasteiger partial charge in [0.15, 0.2) is 0 Å². The van der Waals surface area contributed by atoms with Crippen LogP contribution in [0.1, 0.15) is 25.7 Å². The van der Waals surface area contributed by atoms with E-state index in [2.05, 4.69) is 15.7 Å². The summed E-state index contributed by atoms with van der Waals surface area (Å²) in [6, 6.07) is 2.44. The molecule has 0 bridgehead atoms. The molecule has 0 unspecified atom stereocenters. The van der Waals surface area contributed by atoms with Crippen molar-refractivity contribution in [1.82, 2.24) is 5.43 Å². The van der Waals surface area contributed by atoms with Crippen LogP contribution in [0.25, 0.3) is 0 Å². The van der Waals surface area contributed by atoms with E-state index in [-0.39, 0.29) is 0 Å². The van der Waals surface area contributed by atoms with Gasteiger partial charge in [0, 0.05) is 5.38 Å². The van der Waals surface area contributed by atoms with E-state index >= 15 is 0 Å². The van der Waals surface area contributed by atoms with Gasteiger partial charge in [-0.15, -0.1) is 0 Å². The quantitative estimate of drug-likeness (QED) is 0.311. The molecule has 82 valence electrons. The average molecular weight is 224 g/mol. The molecule has 1 aliphatic rings. The third-order valence-corrected chi connectivity index (χ3v) is 3.24. The second kappa shape index (κ2) is 5.14. The summed E-state index contributed by atoms with van der Waals surface area (Å²) in [5.41, 5.74) is 3.65. The minimum absolute atomic E-state index is 0.433. The molecule has 5 heteroatoms. The number of hydrogen-bond donors (Lipinski definition) is 3. The van der Waals surface area contributed by atoms with Crippen LogP contribution in [-0.4, -0.2) is 12.0 Å². The number of nitrogens with two attached hydrogens (primary N) is 1. The van der Waals surface area contributed by atoms with E-state index in [1.165, 1.54) is 25.7 Å². The van der Waals surface area contributed by atoms with E-state index in [1.807, 2.05) is 16.8 Å². The molecule has 1 aromatic rings. The van der Waals surface area contributed by atoms with Crippen LogP contribution in [0.3, 0.4) is 0 Å². The van der Waals surface area contributed by atoms with Crippen LogP contribution >= 0.6 is 11.3 Å². The summed E-state index contributed by atoms with van der Waals surface area (Å²) in [5, 5.41) is 7.21. The molecule has 4 nitrogen and oxygen atoms in total. The fraction of sp³-hybridized carbons (Fsp3) is 0.500. The average Bonchev–Trinajstić information content (AvgIpc) is 2.89. The molecule has 0 aliphatic heterocycles. The molecule has 15 heavy (non-hydrogen) atoms. The molecular formula is C10H16N4S. The molecule has 1 aromatic heterocycles. The molecule has 0 amide bonds. The Morgan fingerprint density at radius 3 is 2.87 bits per heavy atom. The molecule has 0 radical (unpaired) electrons. The van der Waals surface area contributed by atoms with Crippen molar-refractivity contribution in [2.45, 2.75) is 31.7 Å². The van der Waals surface area contributed by atoms with Gasteiger partial charge in [-0.3, -0.25) is 5.43 Å². The molecule has 1 fully saturated rings. The van der Waals surface area contributed by atoms with Gasteiger partial charge in [-0.2, -0.15) is 11.3 Å². The van der Waals surface area contributed by atoms with Crippen molar-refractivity contribution in [3.8, 4) is 0 Å². The van der Waals surface area contributed by atoms with Crippen molar-refractivity contribution >= 4 is 23.0 Å². The monoisotopic (exact) mass is 224 g/mol. The molecule has 0 aromatic carbocycles. The van der Waals surface area contributed by atoms with Gasteiger partial charge in [0.25, 0.3) is 0 Å². The van der Waals surface area contributed by atoms with Crippen molar-refractivity contribution in [2.75, 3.05) is 5.32 Å². The fourth-order valence-electron chi connectivity index (χ4n) is 1.79. The minimum atomic E-state index is 0.433.